The standard InChI is InChI=1S/C13H16Br2N2O4/c1-7(12(18)19)6-17(2)13(20)16-10-5-11(21-3)9(15)4-8(10)14/h4-5,7H,6H2,1-3H3,(H,16,20)(H,18,19). The Kier molecular flexibility index (Phi) is 6.47. The van der Waals surface area contributed by atoms with Crippen molar-refractivity contribution >= 4 is 49.5 Å². The number of amides is 2. The Balaban J connectivity index is 2.81. The number of carbonyl (C=O) groups is 2. The van der Waals surface area contributed by atoms with Gasteiger partial charge in [0.15, 0.2) is 0 Å². The normalized spacial score (nSPS) is 11.7. The minimum absolute atomic E-state index is 0.118. The number of urea groups is 1. The molecule has 1 unspecified atom stereocenters. The molecule has 0 spiro atoms. The van der Waals surface area contributed by atoms with Crippen molar-refractivity contribution in [2.45, 2.75) is 6.92 Å². The molecular weight excluding hydrogens is 408 g/mol. The summed E-state index contributed by atoms with van der Waals surface area (Å²) in [6.07, 6.45) is 0. The van der Waals surface area contributed by atoms with Crippen molar-refractivity contribution in [2.24, 2.45) is 5.92 Å². The summed E-state index contributed by atoms with van der Waals surface area (Å²) >= 11 is 6.69. The zero-order valence-corrected chi connectivity index (χ0v) is 15.0. The van der Waals surface area contributed by atoms with E-state index in [1.807, 2.05) is 0 Å². The van der Waals surface area contributed by atoms with Crippen LogP contribution in [0.25, 0.3) is 0 Å². The number of rotatable bonds is 5. The van der Waals surface area contributed by atoms with E-state index < -0.39 is 17.9 Å². The van der Waals surface area contributed by atoms with Crippen molar-refractivity contribution in [2.75, 3.05) is 26.0 Å². The van der Waals surface area contributed by atoms with E-state index in [0.717, 1.165) is 4.47 Å². The maximum atomic E-state index is 12.1. The zero-order valence-electron chi connectivity index (χ0n) is 11.8. The third-order valence-electron chi connectivity index (χ3n) is 2.80. The molecule has 8 heteroatoms. The molecule has 2 N–H and O–H groups in total. The minimum atomic E-state index is -0.943. The number of hydrogen-bond acceptors (Lipinski definition) is 3. The van der Waals surface area contributed by atoms with Gasteiger partial charge in [0.2, 0.25) is 0 Å². The van der Waals surface area contributed by atoms with Gasteiger partial charge in [-0.3, -0.25) is 4.79 Å². The lowest BCUT2D eigenvalue weighted by Crippen LogP contribution is -2.36. The van der Waals surface area contributed by atoms with Gasteiger partial charge in [0.1, 0.15) is 5.75 Å². The molecule has 1 atom stereocenters. The topological polar surface area (TPSA) is 78.9 Å². The minimum Gasteiger partial charge on any atom is -0.495 e. The van der Waals surface area contributed by atoms with E-state index in [0.29, 0.717) is 15.9 Å². The van der Waals surface area contributed by atoms with Gasteiger partial charge < -0.3 is 20.1 Å². The van der Waals surface area contributed by atoms with Gasteiger partial charge in [0.05, 0.1) is 23.2 Å². The molecule has 0 aliphatic carbocycles. The fourth-order valence-corrected chi connectivity index (χ4v) is 2.82. The van der Waals surface area contributed by atoms with Gasteiger partial charge in [-0.15, -0.1) is 0 Å². The number of carboxylic acids is 1. The van der Waals surface area contributed by atoms with Crippen molar-refractivity contribution in [1.82, 2.24) is 4.90 Å². The lowest BCUT2D eigenvalue weighted by Gasteiger charge is -2.20. The van der Waals surface area contributed by atoms with Crippen molar-refractivity contribution in [1.29, 1.82) is 0 Å². The molecule has 0 fully saturated rings. The van der Waals surface area contributed by atoms with E-state index >= 15 is 0 Å². The Bertz CT molecular complexity index is 551. The number of aliphatic carboxylic acids is 1. The molecule has 0 radical (unpaired) electrons. The van der Waals surface area contributed by atoms with E-state index in [4.69, 9.17) is 9.84 Å². The summed E-state index contributed by atoms with van der Waals surface area (Å²) in [5.74, 6) is -1.00. The Hall–Kier alpha value is -1.28. The molecule has 0 saturated heterocycles. The fourth-order valence-electron chi connectivity index (χ4n) is 1.56. The second kappa shape index (κ2) is 7.65. The number of methoxy groups -OCH3 is 1. The first-order chi connectivity index (χ1) is 9.76. The van der Waals surface area contributed by atoms with Gasteiger partial charge in [-0.1, -0.05) is 6.92 Å². The molecule has 1 aromatic rings. The highest BCUT2D eigenvalue weighted by Crippen LogP contribution is 2.34. The predicted molar refractivity (Wildman–Crippen MR) is 86.8 cm³/mol. The average molecular weight is 424 g/mol. The van der Waals surface area contributed by atoms with Gasteiger partial charge in [-0.2, -0.15) is 0 Å². The predicted octanol–water partition coefficient (Wildman–Crippen LogP) is 3.40. The largest absolute Gasteiger partial charge is 0.495 e. The Morgan fingerprint density at radius 3 is 2.52 bits per heavy atom. The van der Waals surface area contributed by atoms with Gasteiger partial charge in [-0.05, 0) is 37.9 Å². The van der Waals surface area contributed by atoms with E-state index in [2.05, 4.69) is 37.2 Å². The summed E-state index contributed by atoms with van der Waals surface area (Å²) in [6, 6.07) is 3.03. The fraction of sp³-hybridized carbons (Fsp3) is 0.385. The zero-order chi connectivity index (χ0) is 16.2. The number of carbonyl (C=O) groups excluding carboxylic acids is 1. The Morgan fingerprint density at radius 2 is 2.00 bits per heavy atom. The van der Waals surface area contributed by atoms with Crippen LogP contribution in [0.2, 0.25) is 0 Å². The molecule has 2 amide bonds. The summed E-state index contributed by atoms with van der Waals surface area (Å²) in [6.45, 7) is 1.66. The highest BCUT2D eigenvalue weighted by Gasteiger charge is 2.18. The van der Waals surface area contributed by atoms with E-state index in [1.54, 1.807) is 26.1 Å². The number of nitrogens with one attached hydrogen (secondary N) is 1. The lowest BCUT2D eigenvalue weighted by molar-refractivity contribution is -0.141. The van der Waals surface area contributed by atoms with Crippen LogP contribution in [-0.2, 0) is 4.79 Å². The molecule has 0 aliphatic rings. The summed E-state index contributed by atoms with van der Waals surface area (Å²) in [5, 5.41) is 11.6. The number of ether oxygens (including phenoxy) is 1. The molecule has 21 heavy (non-hydrogen) atoms. The van der Waals surface area contributed by atoms with Crippen LogP contribution in [-0.4, -0.2) is 42.7 Å². The maximum Gasteiger partial charge on any atom is 0.321 e. The van der Waals surface area contributed by atoms with Gasteiger partial charge >= 0.3 is 12.0 Å². The van der Waals surface area contributed by atoms with Gasteiger partial charge in [-0.25, -0.2) is 4.79 Å². The maximum absolute atomic E-state index is 12.1. The quantitative estimate of drug-likeness (QED) is 0.760. The summed E-state index contributed by atoms with van der Waals surface area (Å²) in [5.41, 5.74) is 0.537. The Labute approximate surface area is 139 Å². The number of benzene rings is 1. The number of halogens is 2. The molecule has 0 heterocycles. The van der Waals surface area contributed by atoms with Crippen LogP contribution in [0.3, 0.4) is 0 Å². The van der Waals surface area contributed by atoms with Crippen molar-refractivity contribution in [3.8, 4) is 5.75 Å². The lowest BCUT2D eigenvalue weighted by atomic mass is 10.2. The van der Waals surface area contributed by atoms with Gasteiger partial charge in [0.25, 0.3) is 0 Å². The molecule has 1 rings (SSSR count). The first-order valence-corrected chi connectivity index (χ1v) is 7.62. The van der Waals surface area contributed by atoms with Crippen LogP contribution in [0.1, 0.15) is 6.92 Å². The van der Waals surface area contributed by atoms with Crippen molar-refractivity contribution in [3.63, 3.8) is 0 Å². The first-order valence-electron chi connectivity index (χ1n) is 6.04. The molecule has 0 aromatic heterocycles. The third-order valence-corrected chi connectivity index (χ3v) is 4.07. The molecule has 6 nitrogen and oxygen atoms in total. The number of carboxylic acid groups (broad SMARTS) is 1. The second-order valence-electron chi connectivity index (χ2n) is 4.52. The average Bonchev–Trinajstić information content (AvgIpc) is 2.41. The molecule has 0 aliphatic heterocycles. The molecule has 0 saturated carbocycles. The number of anilines is 1. The molecule has 116 valence electrons. The van der Waals surface area contributed by atoms with E-state index in [-0.39, 0.29) is 6.54 Å². The Morgan fingerprint density at radius 1 is 1.38 bits per heavy atom. The van der Waals surface area contributed by atoms with E-state index in [9.17, 15) is 9.59 Å². The smallest absolute Gasteiger partial charge is 0.321 e. The van der Waals surface area contributed by atoms with Crippen molar-refractivity contribution < 1.29 is 19.4 Å². The van der Waals surface area contributed by atoms with Gasteiger partial charge in [0, 0.05) is 24.1 Å². The third kappa shape index (κ3) is 4.89. The number of hydrogen-bond donors (Lipinski definition) is 2. The molecule has 1 aromatic carbocycles. The van der Waals surface area contributed by atoms with Crippen LogP contribution in [0.4, 0.5) is 10.5 Å². The van der Waals surface area contributed by atoms with E-state index in [1.165, 1.54) is 12.0 Å². The SMILES string of the molecule is COc1cc(NC(=O)N(C)CC(C)C(=O)O)c(Br)cc1Br. The van der Waals surface area contributed by atoms with Crippen molar-refractivity contribution in [3.05, 3.63) is 21.1 Å². The summed E-state index contributed by atoms with van der Waals surface area (Å²) in [4.78, 5) is 24.2. The van der Waals surface area contributed by atoms with Crippen LogP contribution in [0.15, 0.2) is 21.1 Å². The number of nitrogens with zero attached hydrogens (tertiary/aromatic N) is 1. The van der Waals surface area contributed by atoms with Crippen LogP contribution in [0.5, 0.6) is 5.75 Å². The monoisotopic (exact) mass is 422 g/mol. The summed E-state index contributed by atoms with van der Waals surface area (Å²) in [7, 11) is 3.07. The highest BCUT2D eigenvalue weighted by molar-refractivity contribution is 9.11. The highest BCUT2D eigenvalue weighted by atomic mass is 79.9. The molecular formula is C13H16Br2N2O4. The van der Waals surface area contributed by atoms with Crippen LogP contribution in [0, 0.1) is 5.92 Å². The summed E-state index contributed by atoms with van der Waals surface area (Å²) < 4.78 is 6.60. The second-order valence-corrected chi connectivity index (χ2v) is 6.23. The first kappa shape index (κ1) is 17.8. The molecule has 0 bridgehead atoms. The van der Waals surface area contributed by atoms with Crippen LogP contribution >= 0.6 is 31.9 Å². The van der Waals surface area contributed by atoms with Crippen LogP contribution < -0.4 is 10.1 Å².